The van der Waals surface area contributed by atoms with Crippen molar-refractivity contribution in [1.82, 2.24) is 19.3 Å². The summed E-state index contributed by atoms with van der Waals surface area (Å²) in [4.78, 5) is 15.0. The van der Waals surface area contributed by atoms with E-state index in [1.54, 1.807) is 9.25 Å². The summed E-state index contributed by atoms with van der Waals surface area (Å²) in [5.41, 5.74) is 13.3. The average molecular weight is 222 g/mol. The van der Waals surface area contributed by atoms with Crippen LogP contribution in [-0.4, -0.2) is 25.2 Å². The van der Waals surface area contributed by atoms with Crippen LogP contribution in [0.2, 0.25) is 0 Å². The highest BCUT2D eigenvalue weighted by atomic mass is 16.1. The van der Waals surface area contributed by atoms with E-state index in [0.29, 0.717) is 12.5 Å². The highest BCUT2D eigenvalue weighted by molar-refractivity contribution is 5.78. The van der Waals surface area contributed by atoms with E-state index in [9.17, 15) is 4.79 Å². The molecular weight excluding hydrogens is 208 g/mol. The summed E-state index contributed by atoms with van der Waals surface area (Å²) in [7, 11) is 1.82. The number of carbonyl (C=O) groups excluding carboxylic acids is 1. The minimum Gasteiger partial charge on any atom is -0.370 e. The predicted molar refractivity (Wildman–Crippen MR) is 59.5 cm³/mol. The third-order valence-electron chi connectivity index (χ3n) is 2.50. The molecule has 2 heterocycles. The van der Waals surface area contributed by atoms with Crippen LogP contribution in [0.15, 0.2) is 0 Å². The number of hydrogen-bond acceptors (Lipinski definition) is 4. The molecule has 0 aromatic carbocycles. The summed E-state index contributed by atoms with van der Waals surface area (Å²) in [6, 6.07) is 0. The number of nitrogens with two attached hydrogens (primary N) is 2. The zero-order chi connectivity index (χ0) is 11.9. The molecule has 0 unspecified atom stereocenters. The van der Waals surface area contributed by atoms with Crippen LogP contribution < -0.4 is 11.5 Å². The molecule has 0 bridgehead atoms. The number of imidazole rings is 1. The van der Waals surface area contributed by atoms with E-state index in [1.165, 1.54) is 0 Å². The Bertz CT molecular complexity index is 552. The van der Waals surface area contributed by atoms with Crippen molar-refractivity contribution in [2.45, 2.75) is 19.9 Å². The fourth-order valence-corrected chi connectivity index (χ4v) is 1.79. The maximum Gasteiger partial charge on any atom is 0.219 e. The molecule has 0 aliphatic rings. The Morgan fingerprint density at radius 2 is 2.19 bits per heavy atom. The molecule has 0 fully saturated rings. The monoisotopic (exact) mass is 222 g/mol. The van der Waals surface area contributed by atoms with Gasteiger partial charge in [0.15, 0.2) is 5.65 Å². The molecule has 7 heteroatoms. The number of hydrogen-bond donors (Lipinski definition) is 2. The fourth-order valence-electron chi connectivity index (χ4n) is 1.79. The van der Waals surface area contributed by atoms with Gasteiger partial charge in [0, 0.05) is 20.0 Å². The Morgan fingerprint density at radius 1 is 1.50 bits per heavy atom. The number of rotatable bonds is 3. The van der Waals surface area contributed by atoms with Crippen molar-refractivity contribution in [2.75, 3.05) is 5.73 Å². The zero-order valence-electron chi connectivity index (χ0n) is 9.27. The van der Waals surface area contributed by atoms with E-state index in [0.717, 1.165) is 16.9 Å². The van der Waals surface area contributed by atoms with Crippen molar-refractivity contribution < 1.29 is 4.79 Å². The lowest BCUT2D eigenvalue weighted by Gasteiger charge is -2.04. The molecule has 0 atom stereocenters. The number of primary amides is 1. The van der Waals surface area contributed by atoms with Gasteiger partial charge in [-0.2, -0.15) is 5.10 Å². The number of carbonyl (C=O) groups is 1. The van der Waals surface area contributed by atoms with Crippen LogP contribution in [0, 0.1) is 6.92 Å². The first-order valence-corrected chi connectivity index (χ1v) is 4.94. The first kappa shape index (κ1) is 10.5. The van der Waals surface area contributed by atoms with Crippen LogP contribution >= 0.6 is 0 Å². The second-order valence-electron chi connectivity index (χ2n) is 3.72. The predicted octanol–water partition coefficient (Wildman–Crippen LogP) is -0.464. The number of nitrogens with zero attached hydrogens (tertiary/aromatic N) is 4. The van der Waals surface area contributed by atoms with E-state index < -0.39 is 0 Å². The van der Waals surface area contributed by atoms with Gasteiger partial charge in [-0.15, -0.1) is 0 Å². The highest BCUT2D eigenvalue weighted by Crippen LogP contribution is 2.20. The number of nitrogen functional groups attached to an aromatic ring is 1. The van der Waals surface area contributed by atoms with E-state index >= 15 is 0 Å². The molecule has 86 valence electrons. The van der Waals surface area contributed by atoms with Gasteiger partial charge < -0.3 is 11.5 Å². The van der Waals surface area contributed by atoms with Gasteiger partial charge in [0.05, 0.1) is 5.69 Å². The third kappa shape index (κ3) is 1.50. The average Bonchev–Trinajstić information content (AvgIpc) is 2.63. The number of amides is 1. The molecule has 0 aliphatic carbocycles. The van der Waals surface area contributed by atoms with Crippen LogP contribution in [-0.2, 0) is 18.4 Å². The lowest BCUT2D eigenvalue weighted by Crippen LogP contribution is -2.15. The summed E-state index contributed by atoms with van der Waals surface area (Å²) in [6.07, 6.45) is 0.236. The summed E-state index contributed by atoms with van der Waals surface area (Å²) in [5.74, 6) is 0.0208. The van der Waals surface area contributed by atoms with Crippen molar-refractivity contribution in [3.63, 3.8) is 0 Å². The Morgan fingerprint density at radius 3 is 2.81 bits per heavy atom. The molecule has 2 rings (SSSR count). The Balaban J connectivity index is 2.50. The fraction of sp³-hybridized carbons (Fsp3) is 0.444. The molecule has 0 spiro atoms. The molecule has 16 heavy (non-hydrogen) atoms. The Hall–Kier alpha value is -2.05. The largest absolute Gasteiger partial charge is 0.370 e. The number of aryl methyl sites for hydroxylation is 3. The normalized spacial score (nSPS) is 11.1. The molecule has 1 amide bonds. The lowest BCUT2D eigenvalue weighted by molar-refractivity contribution is -0.118. The molecular formula is C9H14N6O. The van der Waals surface area contributed by atoms with Crippen molar-refractivity contribution in [3.8, 4) is 0 Å². The van der Waals surface area contributed by atoms with Crippen LogP contribution in [0.4, 0.5) is 5.95 Å². The van der Waals surface area contributed by atoms with Crippen molar-refractivity contribution in [1.29, 1.82) is 0 Å². The van der Waals surface area contributed by atoms with E-state index in [1.807, 2.05) is 14.0 Å². The standard InChI is InChI=1S/C9H14N6O/c1-5-7-8(14(2)13-5)15(9(11)12-7)4-3-6(10)16/h3-4H2,1-2H3,(H2,10,16)(H2,11,12). The second-order valence-corrected chi connectivity index (χ2v) is 3.72. The Kier molecular flexibility index (Phi) is 2.30. The first-order chi connectivity index (χ1) is 7.50. The molecule has 7 nitrogen and oxygen atoms in total. The van der Waals surface area contributed by atoms with Gasteiger partial charge in [-0.25, -0.2) is 4.98 Å². The number of anilines is 1. The SMILES string of the molecule is Cc1nn(C)c2c1nc(N)n2CCC(N)=O. The summed E-state index contributed by atoms with van der Waals surface area (Å²) < 4.78 is 3.45. The van der Waals surface area contributed by atoms with Crippen molar-refractivity contribution in [2.24, 2.45) is 12.8 Å². The maximum absolute atomic E-state index is 10.8. The maximum atomic E-state index is 10.8. The molecule has 2 aromatic heterocycles. The summed E-state index contributed by atoms with van der Waals surface area (Å²) in [6.45, 7) is 2.30. The first-order valence-electron chi connectivity index (χ1n) is 4.94. The van der Waals surface area contributed by atoms with Gasteiger partial charge in [-0.05, 0) is 6.92 Å². The molecule has 0 saturated carbocycles. The summed E-state index contributed by atoms with van der Waals surface area (Å²) in [5, 5.41) is 4.24. The van der Waals surface area contributed by atoms with Crippen molar-refractivity contribution in [3.05, 3.63) is 5.69 Å². The molecule has 0 radical (unpaired) electrons. The van der Waals surface area contributed by atoms with Crippen LogP contribution in [0.3, 0.4) is 0 Å². The molecule has 2 aromatic rings. The van der Waals surface area contributed by atoms with Crippen molar-refractivity contribution >= 4 is 23.0 Å². The summed E-state index contributed by atoms with van der Waals surface area (Å²) >= 11 is 0. The van der Waals surface area contributed by atoms with Gasteiger partial charge >= 0.3 is 0 Å². The van der Waals surface area contributed by atoms with Crippen LogP contribution in [0.5, 0.6) is 0 Å². The zero-order valence-corrected chi connectivity index (χ0v) is 9.27. The smallest absolute Gasteiger partial charge is 0.219 e. The number of aromatic nitrogens is 4. The highest BCUT2D eigenvalue weighted by Gasteiger charge is 2.15. The minimum atomic E-state index is -0.361. The quantitative estimate of drug-likeness (QED) is 0.732. The topological polar surface area (TPSA) is 105 Å². The van der Waals surface area contributed by atoms with Gasteiger partial charge in [0.25, 0.3) is 0 Å². The Labute approximate surface area is 92.0 Å². The molecule has 0 saturated heterocycles. The van der Waals surface area contributed by atoms with E-state index in [2.05, 4.69) is 10.1 Å². The van der Waals surface area contributed by atoms with E-state index in [-0.39, 0.29) is 12.3 Å². The molecule has 4 N–H and O–H groups in total. The molecule has 0 aliphatic heterocycles. The second kappa shape index (κ2) is 3.51. The van der Waals surface area contributed by atoms with Gasteiger partial charge in [0.2, 0.25) is 11.9 Å². The van der Waals surface area contributed by atoms with E-state index in [4.69, 9.17) is 11.5 Å². The van der Waals surface area contributed by atoms with Gasteiger partial charge in [0.1, 0.15) is 5.52 Å². The minimum absolute atomic E-state index is 0.236. The lowest BCUT2D eigenvalue weighted by atomic mass is 10.4. The van der Waals surface area contributed by atoms with Gasteiger partial charge in [-0.3, -0.25) is 14.0 Å². The van der Waals surface area contributed by atoms with Crippen LogP contribution in [0.25, 0.3) is 11.2 Å². The number of fused-ring (bicyclic) bond motifs is 1. The van der Waals surface area contributed by atoms with Gasteiger partial charge in [-0.1, -0.05) is 0 Å². The van der Waals surface area contributed by atoms with Crippen LogP contribution in [0.1, 0.15) is 12.1 Å². The third-order valence-corrected chi connectivity index (χ3v) is 2.50.